The molecule has 2 aromatic carbocycles. The number of methoxy groups -OCH3 is 1. The molecule has 1 atom stereocenters. The topological polar surface area (TPSA) is 128 Å². The lowest BCUT2D eigenvalue weighted by Crippen LogP contribution is -2.42. The number of nitrogens with zero attached hydrogens (tertiary/aromatic N) is 1. The zero-order valence-corrected chi connectivity index (χ0v) is 14.5. The molecular formula is C18H18N2O7. The minimum absolute atomic E-state index is 0.00433. The normalized spacial score (nSPS) is 11.3. The van der Waals surface area contributed by atoms with Crippen molar-refractivity contribution in [2.45, 2.75) is 19.1 Å². The molecule has 0 aliphatic heterocycles. The monoisotopic (exact) mass is 374 g/mol. The van der Waals surface area contributed by atoms with E-state index in [-0.39, 0.29) is 24.5 Å². The number of hydrogen-bond acceptors (Lipinski definition) is 6. The first-order chi connectivity index (χ1) is 12.9. The summed E-state index contributed by atoms with van der Waals surface area (Å²) in [6.07, 6.45) is -0.968. The largest absolute Gasteiger partial charge is 0.490 e. The Balaban J connectivity index is 2.01. The molecule has 9 nitrogen and oxygen atoms in total. The van der Waals surface area contributed by atoms with E-state index in [1.807, 2.05) is 6.07 Å². The van der Waals surface area contributed by atoms with Crippen LogP contribution in [-0.4, -0.2) is 35.2 Å². The van der Waals surface area contributed by atoms with Gasteiger partial charge in [-0.1, -0.05) is 36.4 Å². The van der Waals surface area contributed by atoms with E-state index in [0.29, 0.717) is 5.56 Å². The van der Waals surface area contributed by atoms with Gasteiger partial charge in [-0.2, -0.15) is 0 Å². The smallest absolute Gasteiger partial charge is 0.408 e. The fourth-order valence-corrected chi connectivity index (χ4v) is 2.34. The van der Waals surface area contributed by atoms with Crippen molar-refractivity contribution in [2.24, 2.45) is 0 Å². The maximum atomic E-state index is 11.9. The van der Waals surface area contributed by atoms with Gasteiger partial charge in [0.25, 0.3) is 0 Å². The van der Waals surface area contributed by atoms with Crippen LogP contribution in [-0.2, 0) is 22.6 Å². The van der Waals surface area contributed by atoms with Gasteiger partial charge in [0.05, 0.1) is 12.0 Å². The number of carboxylic acids is 1. The Labute approximate surface area is 154 Å². The van der Waals surface area contributed by atoms with Crippen LogP contribution in [0.1, 0.15) is 11.1 Å². The average Bonchev–Trinajstić information content (AvgIpc) is 2.66. The summed E-state index contributed by atoms with van der Waals surface area (Å²) in [5.41, 5.74) is 0.983. The molecule has 0 saturated heterocycles. The standard InChI is InChI=1S/C18H18N2O7/c1-26-16-10-13(7-8-15(16)20(24)25)9-14(17(21)22)19-18(23)27-11-12-5-3-2-4-6-12/h2-8,10,14H,9,11H2,1H3,(H,19,23)(H,21,22). The van der Waals surface area contributed by atoms with Gasteiger partial charge in [0, 0.05) is 12.5 Å². The van der Waals surface area contributed by atoms with E-state index in [0.717, 1.165) is 5.56 Å². The van der Waals surface area contributed by atoms with E-state index in [2.05, 4.69) is 5.32 Å². The molecule has 9 heteroatoms. The van der Waals surface area contributed by atoms with Crippen LogP contribution in [0.15, 0.2) is 48.5 Å². The van der Waals surface area contributed by atoms with E-state index in [4.69, 9.17) is 9.47 Å². The van der Waals surface area contributed by atoms with Gasteiger partial charge in [-0.05, 0) is 17.2 Å². The average molecular weight is 374 g/mol. The minimum atomic E-state index is -1.26. The van der Waals surface area contributed by atoms with Crippen molar-refractivity contribution in [1.82, 2.24) is 5.32 Å². The first-order valence-corrected chi connectivity index (χ1v) is 7.92. The molecule has 142 valence electrons. The SMILES string of the molecule is COc1cc(CC(NC(=O)OCc2ccccc2)C(=O)O)ccc1[N+](=O)[O-]. The first-order valence-electron chi connectivity index (χ1n) is 7.92. The highest BCUT2D eigenvalue weighted by molar-refractivity contribution is 5.80. The van der Waals surface area contributed by atoms with Gasteiger partial charge in [0.2, 0.25) is 0 Å². The van der Waals surface area contributed by atoms with E-state index in [1.165, 1.54) is 25.3 Å². The summed E-state index contributed by atoms with van der Waals surface area (Å²) in [5, 5.41) is 22.5. The summed E-state index contributed by atoms with van der Waals surface area (Å²) in [4.78, 5) is 33.6. The summed E-state index contributed by atoms with van der Waals surface area (Å²) in [7, 11) is 1.28. The number of hydrogen-bond donors (Lipinski definition) is 2. The van der Waals surface area contributed by atoms with Crippen molar-refractivity contribution in [3.63, 3.8) is 0 Å². The molecule has 0 aliphatic carbocycles. The van der Waals surface area contributed by atoms with Crippen molar-refractivity contribution < 1.29 is 29.1 Å². The lowest BCUT2D eigenvalue weighted by Gasteiger charge is -2.15. The third kappa shape index (κ3) is 5.70. The molecule has 0 aliphatic rings. The molecular weight excluding hydrogens is 356 g/mol. The van der Waals surface area contributed by atoms with E-state index in [9.17, 15) is 24.8 Å². The maximum absolute atomic E-state index is 11.9. The summed E-state index contributed by atoms with van der Waals surface area (Å²) in [5.74, 6) is -1.25. The molecule has 0 spiro atoms. The van der Waals surface area contributed by atoms with Crippen LogP contribution in [0.4, 0.5) is 10.5 Å². The van der Waals surface area contributed by atoms with Gasteiger partial charge in [-0.25, -0.2) is 9.59 Å². The Morgan fingerprint density at radius 2 is 1.89 bits per heavy atom. The molecule has 0 aromatic heterocycles. The third-order valence-electron chi connectivity index (χ3n) is 3.68. The van der Waals surface area contributed by atoms with E-state index in [1.54, 1.807) is 24.3 Å². The minimum Gasteiger partial charge on any atom is -0.490 e. The summed E-state index contributed by atoms with van der Waals surface area (Å²) < 4.78 is 9.97. The third-order valence-corrected chi connectivity index (χ3v) is 3.68. The van der Waals surface area contributed by atoms with Gasteiger partial charge in [0.15, 0.2) is 5.75 Å². The highest BCUT2D eigenvalue weighted by Gasteiger charge is 2.23. The summed E-state index contributed by atoms with van der Waals surface area (Å²) in [6.45, 7) is 0.00433. The number of carbonyl (C=O) groups excluding carboxylic acids is 1. The van der Waals surface area contributed by atoms with Gasteiger partial charge < -0.3 is 19.9 Å². The number of amides is 1. The van der Waals surface area contributed by atoms with Crippen LogP contribution in [0.2, 0.25) is 0 Å². The van der Waals surface area contributed by atoms with Crippen molar-refractivity contribution in [2.75, 3.05) is 7.11 Å². The predicted molar refractivity (Wildman–Crippen MR) is 94.5 cm³/mol. The number of carbonyl (C=O) groups is 2. The van der Waals surface area contributed by atoms with E-state index >= 15 is 0 Å². The molecule has 0 heterocycles. The molecule has 1 amide bonds. The molecule has 0 fully saturated rings. The lowest BCUT2D eigenvalue weighted by atomic mass is 10.1. The number of ether oxygens (including phenoxy) is 2. The molecule has 0 bridgehead atoms. The Kier molecular flexibility index (Phi) is 6.70. The number of nitrogens with one attached hydrogen (secondary N) is 1. The second-order valence-electron chi connectivity index (χ2n) is 5.56. The molecule has 27 heavy (non-hydrogen) atoms. The van der Waals surface area contributed by atoms with E-state index < -0.39 is 23.0 Å². The van der Waals surface area contributed by atoms with Crippen molar-refractivity contribution >= 4 is 17.7 Å². The molecule has 1 unspecified atom stereocenters. The second-order valence-corrected chi connectivity index (χ2v) is 5.56. The summed E-state index contributed by atoms with van der Waals surface area (Å²) in [6, 6.07) is 11.7. The Morgan fingerprint density at radius 3 is 2.48 bits per heavy atom. The van der Waals surface area contributed by atoms with Crippen molar-refractivity contribution in [1.29, 1.82) is 0 Å². The van der Waals surface area contributed by atoms with Gasteiger partial charge in [-0.3, -0.25) is 10.1 Å². The number of aliphatic carboxylic acids is 1. The quantitative estimate of drug-likeness (QED) is 0.537. The Morgan fingerprint density at radius 1 is 1.19 bits per heavy atom. The molecule has 2 N–H and O–H groups in total. The van der Waals surface area contributed by atoms with Gasteiger partial charge >= 0.3 is 17.7 Å². The number of alkyl carbamates (subject to hydrolysis) is 1. The molecule has 2 rings (SSSR count). The Bertz CT molecular complexity index is 824. The van der Waals surface area contributed by atoms with Crippen LogP contribution in [0.3, 0.4) is 0 Å². The fourth-order valence-electron chi connectivity index (χ4n) is 2.34. The second kappa shape index (κ2) is 9.18. The van der Waals surface area contributed by atoms with Gasteiger partial charge in [0.1, 0.15) is 12.6 Å². The number of carboxylic acid groups (broad SMARTS) is 1. The number of nitro benzene ring substituents is 1. The molecule has 2 aromatic rings. The highest BCUT2D eigenvalue weighted by Crippen LogP contribution is 2.28. The number of benzene rings is 2. The van der Waals surface area contributed by atoms with Crippen LogP contribution in [0.5, 0.6) is 5.75 Å². The van der Waals surface area contributed by atoms with Crippen LogP contribution < -0.4 is 10.1 Å². The fraction of sp³-hybridized carbons (Fsp3) is 0.222. The first kappa shape index (κ1) is 19.7. The van der Waals surface area contributed by atoms with Crippen LogP contribution in [0.25, 0.3) is 0 Å². The van der Waals surface area contributed by atoms with Crippen molar-refractivity contribution in [3.05, 3.63) is 69.8 Å². The summed E-state index contributed by atoms with van der Waals surface area (Å²) >= 11 is 0. The maximum Gasteiger partial charge on any atom is 0.408 e. The zero-order chi connectivity index (χ0) is 19.8. The predicted octanol–water partition coefficient (Wildman–Crippen LogP) is 2.53. The van der Waals surface area contributed by atoms with Crippen LogP contribution >= 0.6 is 0 Å². The number of rotatable bonds is 8. The van der Waals surface area contributed by atoms with Crippen LogP contribution in [0, 0.1) is 10.1 Å². The molecule has 0 saturated carbocycles. The zero-order valence-electron chi connectivity index (χ0n) is 14.5. The lowest BCUT2D eigenvalue weighted by molar-refractivity contribution is -0.385. The Hall–Kier alpha value is -3.62. The highest BCUT2D eigenvalue weighted by atomic mass is 16.6. The number of nitro groups is 1. The van der Waals surface area contributed by atoms with Gasteiger partial charge in [-0.15, -0.1) is 0 Å². The molecule has 0 radical (unpaired) electrons. The van der Waals surface area contributed by atoms with Crippen molar-refractivity contribution in [3.8, 4) is 5.75 Å².